The molecular formula is C12H14N2O2S2. The molecule has 2 rings (SSSR count). The summed E-state index contributed by atoms with van der Waals surface area (Å²) in [5, 5.41) is 1.98. The third-order valence-electron chi connectivity index (χ3n) is 2.51. The minimum Gasteiger partial charge on any atom is -0.255 e. The number of thiophene rings is 1. The predicted octanol–water partition coefficient (Wildman–Crippen LogP) is 2.25. The van der Waals surface area contributed by atoms with Crippen molar-refractivity contribution in [2.75, 3.05) is 5.75 Å². The Labute approximate surface area is 111 Å². The number of pyridine rings is 1. The lowest BCUT2D eigenvalue weighted by Gasteiger charge is -2.08. The topological polar surface area (TPSA) is 59.1 Å². The average molecular weight is 282 g/mol. The molecule has 0 aliphatic rings. The molecule has 2 aromatic heterocycles. The molecule has 6 heteroatoms. The highest BCUT2D eigenvalue weighted by atomic mass is 32.2. The summed E-state index contributed by atoms with van der Waals surface area (Å²) in [6.07, 6.45) is 1.72. The van der Waals surface area contributed by atoms with Crippen LogP contribution >= 0.6 is 11.3 Å². The van der Waals surface area contributed by atoms with E-state index >= 15 is 0 Å². The van der Waals surface area contributed by atoms with Crippen molar-refractivity contribution in [1.82, 2.24) is 9.71 Å². The fraction of sp³-hybridized carbons (Fsp3) is 0.250. The summed E-state index contributed by atoms with van der Waals surface area (Å²) in [5.41, 5.74) is 1.73. The van der Waals surface area contributed by atoms with Gasteiger partial charge in [0, 0.05) is 12.7 Å². The summed E-state index contributed by atoms with van der Waals surface area (Å²) in [7, 11) is -3.18. The Morgan fingerprint density at radius 3 is 2.83 bits per heavy atom. The zero-order valence-electron chi connectivity index (χ0n) is 9.96. The van der Waals surface area contributed by atoms with Gasteiger partial charge in [0.1, 0.15) is 0 Å². The van der Waals surface area contributed by atoms with Crippen molar-refractivity contribution >= 4 is 21.4 Å². The summed E-state index contributed by atoms with van der Waals surface area (Å²) in [4.78, 5) is 5.37. The van der Waals surface area contributed by atoms with Crippen LogP contribution in [-0.2, 0) is 16.6 Å². The van der Waals surface area contributed by atoms with Gasteiger partial charge < -0.3 is 0 Å². The quantitative estimate of drug-likeness (QED) is 0.915. The number of sulfonamides is 1. The first-order chi connectivity index (χ1) is 8.62. The maximum Gasteiger partial charge on any atom is 0.211 e. The summed E-state index contributed by atoms with van der Waals surface area (Å²) in [6, 6.07) is 7.63. The number of hydrogen-bond donors (Lipinski definition) is 1. The van der Waals surface area contributed by atoms with Gasteiger partial charge in [-0.1, -0.05) is 12.1 Å². The first-order valence-corrected chi connectivity index (χ1v) is 8.10. The van der Waals surface area contributed by atoms with Crippen LogP contribution in [0, 0.1) is 0 Å². The molecule has 0 radical (unpaired) electrons. The molecule has 18 heavy (non-hydrogen) atoms. The molecule has 96 valence electrons. The van der Waals surface area contributed by atoms with Gasteiger partial charge in [-0.3, -0.25) is 4.98 Å². The van der Waals surface area contributed by atoms with E-state index in [0.29, 0.717) is 0 Å². The van der Waals surface area contributed by atoms with E-state index in [1.165, 1.54) is 0 Å². The van der Waals surface area contributed by atoms with E-state index in [1.54, 1.807) is 24.5 Å². The van der Waals surface area contributed by atoms with Gasteiger partial charge in [0.2, 0.25) is 10.0 Å². The lowest BCUT2D eigenvalue weighted by atomic mass is 10.2. The molecule has 0 atom stereocenters. The van der Waals surface area contributed by atoms with Crippen molar-refractivity contribution in [2.45, 2.75) is 13.5 Å². The molecule has 0 bridgehead atoms. The highest BCUT2D eigenvalue weighted by Crippen LogP contribution is 2.25. The molecule has 0 aromatic carbocycles. The van der Waals surface area contributed by atoms with Crippen LogP contribution in [0.4, 0.5) is 0 Å². The van der Waals surface area contributed by atoms with Crippen LogP contribution in [-0.4, -0.2) is 19.2 Å². The summed E-state index contributed by atoms with van der Waals surface area (Å²) >= 11 is 1.59. The van der Waals surface area contributed by atoms with Gasteiger partial charge in [-0.15, -0.1) is 11.3 Å². The van der Waals surface area contributed by atoms with E-state index < -0.39 is 10.0 Å². The average Bonchev–Trinajstić information content (AvgIpc) is 2.91. The van der Waals surface area contributed by atoms with Crippen LogP contribution in [0.2, 0.25) is 0 Å². The second-order valence-corrected chi connectivity index (χ2v) is 6.76. The Balaban J connectivity index is 2.24. The molecule has 0 aliphatic heterocycles. The molecule has 0 unspecified atom stereocenters. The third kappa shape index (κ3) is 3.16. The van der Waals surface area contributed by atoms with E-state index in [2.05, 4.69) is 9.71 Å². The molecule has 0 amide bonds. The maximum absolute atomic E-state index is 11.4. The highest BCUT2D eigenvalue weighted by molar-refractivity contribution is 7.89. The van der Waals surface area contributed by atoms with Gasteiger partial charge in [-0.25, -0.2) is 13.1 Å². The van der Waals surface area contributed by atoms with Crippen molar-refractivity contribution < 1.29 is 8.42 Å². The van der Waals surface area contributed by atoms with Crippen LogP contribution in [0.5, 0.6) is 0 Å². The molecule has 4 nitrogen and oxygen atoms in total. The molecule has 0 fully saturated rings. The Morgan fingerprint density at radius 1 is 1.33 bits per heavy atom. The fourth-order valence-corrected chi connectivity index (χ4v) is 2.84. The Bertz CT molecular complexity index is 607. The predicted molar refractivity (Wildman–Crippen MR) is 73.9 cm³/mol. The Kier molecular flexibility index (Phi) is 4.11. The second-order valence-electron chi connectivity index (χ2n) is 3.71. The summed E-state index contributed by atoms with van der Waals surface area (Å²) in [6.45, 7) is 1.89. The third-order valence-corrected chi connectivity index (χ3v) is 4.73. The lowest BCUT2D eigenvalue weighted by Crippen LogP contribution is -2.25. The van der Waals surface area contributed by atoms with Crippen molar-refractivity contribution in [3.05, 3.63) is 41.4 Å². The zero-order valence-corrected chi connectivity index (χ0v) is 11.6. The van der Waals surface area contributed by atoms with E-state index in [0.717, 1.165) is 16.1 Å². The number of nitrogens with one attached hydrogen (secondary N) is 1. The fourth-order valence-electron chi connectivity index (χ4n) is 1.51. The lowest BCUT2D eigenvalue weighted by molar-refractivity contribution is 0.582. The zero-order chi connectivity index (χ0) is 13.0. The number of nitrogens with zero attached hydrogens (tertiary/aromatic N) is 1. The van der Waals surface area contributed by atoms with Gasteiger partial charge in [0.05, 0.1) is 16.3 Å². The SMILES string of the molecule is CCS(=O)(=O)NCc1cccnc1-c1cccs1. The van der Waals surface area contributed by atoms with Gasteiger partial charge in [0.15, 0.2) is 0 Å². The molecule has 0 aliphatic carbocycles. The Hall–Kier alpha value is -1.24. The van der Waals surface area contributed by atoms with Crippen molar-refractivity contribution in [3.63, 3.8) is 0 Å². The van der Waals surface area contributed by atoms with Gasteiger partial charge in [0.25, 0.3) is 0 Å². The van der Waals surface area contributed by atoms with Crippen LogP contribution in [0.25, 0.3) is 10.6 Å². The molecular weight excluding hydrogens is 268 g/mol. The van der Waals surface area contributed by atoms with Crippen LogP contribution in [0.1, 0.15) is 12.5 Å². The number of hydrogen-bond acceptors (Lipinski definition) is 4. The largest absolute Gasteiger partial charge is 0.255 e. The Morgan fingerprint density at radius 2 is 2.17 bits per heavy atom. The smallest absolute Gasteiger partial charge is 0.211 e. The van der Waals surface area contributed by atoms with Crippen molar-refractivity contribution in [3.8, 4) is 10.6 Å². The van der Waals surface area contributed by atoms with E-state index in [4.69, 9.17) is 0 Å². The van der Waals surface area contributed by atoms with E-state index in [1.807, 2.05) is 29.6 Å². The van der Waals surface area contributed by atoms with Crippen LogP contribution in [0.3, 0.4) is 0 Å². The first-order valence-electron chi connectivity index (χ1n) is 5.57. The second kappa shape index (κ2) is 5.60. The van der Waals surface area contributed by atoms with E-state index in [-0.39, 0.29) is 12.3 Å². The first kappa shape index (κ1) is 13.2. The minimum absolute atomic E-state index is 0.0849. The van der Waals surface area contributed by atoms with Gasteiger partial charge >= 0.3 is 0 Å². The van der Waals surface area contributed by atoms with Gasteiger partial charge in [-0.05, 0) is 30.0 Å². The molecule has 2 aromatic rings. The summed E-state index contributed by atoms with van der Waals surface area (Å²) < 4.78 is 25.4. The maximum atomic E-state index is 11.4. The molecule has 0 saturated heterocycles. The molecule has 1 N–H and O–H groups in total. The molecule has 0 saturated carbocycles. The van der Waals surface area contributed by atoms with Crippen LogP contribution in [0.15, 0.2) is 35.8 Å². The number of aromatic nitrogens is 1. The molecule has 0 spiro atoms. The van der Waals surface area contributed by atoms with Crippen molar-refractivity contribution in [2.24, 2.45) is 0 Å². The van der Waals surface area contributed by atoms with Crippen LogP contribution < -0.4 is 4.72 Å². The van der Waals surface area contributed by atoms with E-state index in [9.17, 15) is 8.42 Å². The molecule has 2 heterocycles. The number of rotatable bonds is 5. The van der Waals surface area contributed by atoms with Gasteiger partial charge in [-0.2, -0.15) is 0 Å². The highest BCUT2D eigenvalue weighted by Gasteiger charge is 2.10. The normalized spacial score (nSPS) is 11.6. The monoisotopic (exact) mass is 282 g/mol. The summed E-state index contributed by atoms with van der Waals surface area (Å²) in [5.74, 6) is 0.0849. The minimum atomic E-state index is -3.18. The standard InChI is InChI=1S/C12H14N2O2S2/c1-2-18(15,16)14-9-10-5-3-7-13-12(10)11-6-4-8-17-11/h3-8,14H,2,9H2,1H3. The van der Waals surface area contributed by atoms with Crippen molar-refractivity contribution in [1.29, 1.82) is 0 Å².